The van der Waals surface area contributed by atoms with Gasteiger partial charge in [0.2, 0.25) is 0 Å². The van der Waals surface area contributed by atoms with Crippen molar-refractivity contribution in [1.29, 1.82) is 0 Å². The number of carbonyl (C=O) groups is 1. The number of alkyl halides is 3. The van der Waals surface area contributed by atoms with Gasteiger partial charge in [0.1, 0.15) is 11.6 Å². The van der Waals surface area contributed by atoms with Crippen LogP contribution in [-0.2, 0) is 23.3 Å². The van der Waals surface area contributed by atoms with Crippen molar-refractivity contribution >= 4 is 40.0 Å². The summed E-state index contributed by atoms with van der Waals surface area (Å²) in [6.07, 6.45) is -2.70. The zero-order valence-electron chi connectivity index (χ0n) is 17.1. The van der Waals surface area contributed by atoms with Gasteiger partial charge in [0.15, 0.2) is 0 Å². The number of carboxylic acids is 1. The molecule has 0 aliphatic carbocycles. The van der Waals surface area contributed by atoms with Gasteiger partial charge >= 0.3 is 12.1 Å². The molecule has 2 aromatic heterocycles. The van der Waals surface area contributed by atoms with Crippen LogP contribution in [0.25, 0.3) is 21.5 Å². The number of carboxylic acid groups (broad SMARTS) is 1. The Kier molecular flexibility index (Phi) is 6.00. The molecule has 0 unspecified atom stereocenters. The number of hydrogen-bond acceptors (Lipinski definition) is 5. The fraction of sp³-hybridized carbons (Fsp3) is 0.227. The van der Waals surface area contributed by atoms with E-state index in [1.807, 2.05) is 26.0 Å². The van der Waals surface area contributed by atoms with Gasteiger partial charge in [0, 0.05) is 26.5 Å². The minimum absolute atomic E-state index is 0.192. The van der Waals surface area contributed by atoms with E-state index in [9.17, 15) is 18.0 Å². The zero-order chi connectivity index (χ0) is 23.0. The summed E-state index contributed by atoms with van der Waals surface area (Å²) < 4.78 is 39.8. The van der Waals surface area contributed by atoms with Crippen LogP contribution in [0.4, 0.5) is 13.2 Å². The quantitative estimate of drug-likeness (QED) is 0.336. The maximum absolute atomic E-state index is 12.8. The largest absolute Gasteiger partial charge is 0.480 e. The molecule has 0 atom stereocenters. The van der Waals surface area contributed by atoms with E-state index in [2.05, 4.69) is 10.1 Å². The number of benzene rings is 2. The summed E-state index contributed by atoms with van der Waals surface area (Å²) in [6, 6.07) is 8.97. The smallest absolute Gasteiger partial charge is 0.416 e. The summed E-state index contributed by atoms with van der Waals surface area (Å²) in [7, 11) is 0. The third kappa shape index (κ3) is 4.66. The first kappa shape index (κ1) is 22.3. The first-order valence-corrected chi connectivity index (χ1v) is 11.4. The Bertz CT molecular complexity index is 1290. The first-order valence-electron chi connectivity index (χ1n) is 9.56. The van der Waals surface area contributed by atoms with E-state index < -0.39 is 17.7 Å². The van der Waals surface area contributed by atoms with Gasteiger partial charge in [-0.2, -0.15) is 18.3 Å². The van der Waals surface area contributed by atoms with Crippen LogP contribution in [0.1, 0.15) is 21.7 Å². The number of halogens is 3. The van der Waals surface area contributed by atoms with Crippen LogP contribution in [0, 0.1) is 13.8 Å². The number of hydrogen-bond donors (Lipinski definition) is 1. The van der Waals surface area contributed by atoms with Crippen LogP contribution < -0.4 is 0 Å². The van der Waals surface area contributed by atoms with Gasteiger partial charge in [-0.05, 0) is 43.7 Å². The van der Waals surface area contributed by atoms with Crippen LogP contribution in [0.5, 0.6) is 0 Å². The molecular formula is C22H18F3N3O2S2. The molecule has 0 saturated heterocycles. The minimum Gasteiger partial charge on any atom is -0.480 e. The van der Waals surface area contributed by atoms with Crippen molar-refractivity contribution in [1.82, 2.24) is 14.8 Å². The lowest BCUT2D eigenvalue weighted by Crippen LogP contribution is -2.09. The molecule has 10 heteroatoms. The van der Waals surface area contributed by atoms with E-state index in [1.54, 1.807) is 18.0 Å². The van der Waals surface area contributed by atoms with Crippen molar-refractivity contribution in [3.63, 3.8) is 0 Å². The topological polar surface area (TPSA) is 68.0 Å². The van der Waals surface area contributed by atoms with Crippen LogP contribution in [0.3, 0.4) is 0 Å². The number of rotatable bonds is 6. The molecule has 2 aromatic carbocycles. The van der Waals surface area contributed by atoms with E-state index in [4.69, 9.17) is 5.11 Å². The van der Waals surface area contributed by atoms with Gasteiger partial charge in [-0.25, -0.2) is 4.98 Å². The Hall–Kier alpha value is -2.85. The van der Waals surface area contributed by atoms with E-state index in [0.29, 0.717) is 16.3 Å². The average molecular weight is 478 g/mol. The summed E-state index contributed by atoms with van der Waals surface area (Å²) >= 11 is 3.11. The SMILES string of the molecule is Cc1cc2c(cnn2CC(=O)O)cc1SCc1sc(-c2ccc(C(F)(F)F)cc2)nc1C. The second-order valence-corrected chi connectivity index (χ2v) is 9.36. The lowest BCUT2D eigenvalue weighted by atomic mass is 10.1. The molecule has 4 rings (SSSR count). The highest BCUT2D eigenvalue weighted by Gasteiger charge is 2.30. The van der Waals surface area contributed by atoms with Crippen LogP contribution in [0.2, 0.25) is 0 Å². The lowest BCUT2D eigenvalue weighted by molar-refractivity contribution is -0.138. The predicted molar refractivity (Wildman–Crippen MR) is 119 cm³/mol. The zero-order valence-corrected chi connectivity index (χ0v) is 18.7. The van der Waals surface area contributed by atoms with Crippen molar-refractivity contribution in [2.45, 2.75) is 37.2 Å². The highest BCUT2D eigenvalue weighted by atomic mass is 32.2. The normalized spacial score (nSPS) is 11.9. The lowest BCUT2D eigenvalue weighted by Gasteiger charge is -2.07. The molecule has 5 nitrogen and oxygen atoms in total. The van der Waals surface area contributed by atoms with Crippen molar-refractivity contribution < 1.29 is 23.1 Å². The standard InChI is InChI=1S/C22H18F3N3O2S2/c1-12-7-17-15(9-26-28(17)10-20(29)30)8-18(12)31-11-19-13(2)27-21(32-19)14-3-5-16(6-4-14)22(23,24)25/h3-9H,10-11H2,1-2H3,(H,29,30). The average Bonchev–Trinajstić information content (AvgIpc) is 3.28. The fourth-order valence-electron chi connectivity index (χ4n) is 3.25. The van der Waals surface area contributed by atoms with Crippen LogP contribution in [0.15, 0.2) is 47.5 Å². The molecule has 32 heavy (non-hydrogen) atoms. The predicted octanol–water partition coefficient (Wildman–Crippen LogP) is 6.17. The molecule has 0 spiro atoms. The number of aryl methyl sites for hydroxylation is 2. The molecule has 2 heterocycles. The first-order chi connectivity index (χ1) is 15.1. The molecule has 4 aromatic rings. The van der Waals surface area contributed by atoms with Gasteiger partial charge in [0.05, 0.1) is 23.0 Å². The molecule has 0 bridgehead atoms. The highest BCUT2D eigenvalue weighted by molar-refractivity contribution is 7.98. The fourth-order valence-corrected chi connectivity index (χ4v) is 5.52. The number of aromatic nitrogens is 3. The maximum Gasteiger partial charge on any atom is 0.416 e. The Morgan fingerprint density at radius 2 is 1.91 bits per heavy atom. The molecular weight excluding hydrogens is 459 g/mol. The van der Waals surface area contributed by atoms with Gasteiger partial charge < -0.3 is 5.11 Å². The van der Waals surface area contributed by atoms with Crippen molar-refractivity contribution in [3.05, 3.63) is 64.3 Å². The Balaban J connectivity index is 1.52. The second kappa shape index (κ2) is 8.59. The van der Waals surface area contributed by atoms with Crippen molar-refractivity contribution in [2.75, 3.05) is 0 Å². The summed E-state index contributed by atoms with van der Waals surface area (Å²) in [4.78, 5) is 17.6. The third-order valence-electron chi connectivity index (χ3n) is 4.93. The summed E-state index contributed by atoms with van der Waals surface area (Å²) in [5.41, 5.74) is 2.62. The molecule has 166 valence electrons. The number of thiazole rings is 1. The summed E-state index contributed by atoms with van der Waals surface area (Å²) in [6.45, 7) is 3.67. The van der Waals surface area contributed by atoms with Crippen LogP contribution in [-0.4, -0.2) is 25.8 Å². The van der Waals surface area contributed by atoms with E-state index in [1.165, 1.54) is 28.2 Å². The van der Waals surface area contributed by atoms with E-state index >= 15 is 0 Å². The number of aliphatic carboxylic acids is 1. The van der Waals surface area contributed by atoms with Gasteiger partial charge in [-0.1, -0.05) is 12.1 Å². The van der Waals surface area contributed by atoms with Crippen molar-refractivity contribution in [2.24, 2.45) is 0 Å². The molecule has 1 N–H and O–H groups in total. The molecule has 0 aliphatic rings. The molecule has 0 aliphatic heterocycles. The van der Waals surface area contributed by atoms with E-state index in [-0.39, 0.29) is 6.54 Å². The Morgan fingerprint density at radius 1 is 1.19 bits per heavy atom. The third-order valence-corrected chi connectivity index (χ3v) is 7.51. The van der Waals surface area contributed by atoms with E-state index in [0.717, 1.165) is 44.1 Å². The molecule has 0 amide bonds. The Labute approximate surface area is 189 Å². The minimum atomic E-state index is -4.36. The van der Waals surface area contributed by atoms with Crippen molar-refractivity contribution in [3.8, 4) is 10.6 Å². The van der Waals surface area contributed by atoms with Gasteiger partial charge in [0.25, 0.3) is 0 Å². The molecule has 0 radical (unpaired) electrons. The monoisotopic (exact) mass is 477 g/mol. The number of thioether (sulfide) groups is 1. The number of nitrogens with zero attached hydrogens (tertiary/aromatic N) is 3. The van der Waals surface area contributed by atoms with Gasteiger partial charge in [-0.15, -0.1) is 23.1 Å². The highest BCUT2D eigenvalue weighted by Crippen LogP contribution is 2.36. The Morgan fingerprint density at radius 3 is 2.56 bits per heavy atom. The maximum atomic E-state index is 12.8. The van der Waals surface area contributed by atoms with Crippen LogP contribution >= 0.6 is 23.1 Å². The second-order valence-electron chi connectivity index (χ2n) is 7.26. The van der Waals surface area contributed by atoms with Gasteiger partial charge in [-0.3, -0.25) is 9.48 Å². The molecule has 0 fully saturated rings. The molecule has 0 saturated carbocycles. The summed E-state index contributed by atoms with van der Waals surface area (Å²) in [5.74, 6) is -0.282. The number of fused-ring (bicyclic) bond motifs is 1. The summed E-state index contributed by atoms with van der Waals surface area (Å²) in [5, 5.41) is 14.7.